The van der Waals surface area contributed by atoms with E-state index in [0.717, 1.165) is 28.0 Å². The van der Waals surface area contributed by atoms with Crippen LogP contribution < -0.4 is 22.1 Å². The van der Waals surface area contributed by atoms with Crippen LogP contribution in [0.4, 0.5) is 0 Å². The Hall–Kier alpha value is -2.33. The number of nitrogens with two attached hydrogens (primary N) is 1. The zero-order valence-corrected chi connectivity index (χ0v) is 28.8. The van der Waals surface area contributed by atoms with Crippen molar-refractivity contribution >= 4 is 42.2 Å². The number of hydrogen-bond acceptors (Lipinski definition) is 12. The molecule has 1 fully saturated rings. The number of ether oxygens (including phenoxy) is 2. The maximum Gasteiger partial charge on any atom is 0.405 e. The fourth-order valence-corrected chi connectivity index (χ4v) is 6.74. The van der Waals surface area contributed by atoms with Crippen molar-refractivity contribution in [3.63, 3.8) is 0 Å². The third-order valence-corrected chi connectivity index (χ3v) is 10.4. The molecule has 0 unspecified atom stereocenters. The topological polar surface area (TPSA) is 201 Å². The summed E-state index contributed by atoms with van der Waals surface area (Å²) in [5, 5.41) is 13.4. The number of esters is 1. The third kappa shape index (κ3) is 10.1. The van der Waals surface area contributed by atoms with Crippen LogP contribution in [0.25, 0.3) is 0 Å². The van der Waals surface area contributed by atoms with Gasteiger partial charge in [0, 0.05) is 24.6 Å². The van der Waals surface area contributed by atoms with Crippen molar-refractivity contribution in [1.82, 2.24) is 14.6 Å². The minimum atomic E-state index is -4.07. The lowest BCUT2D eigenvalue weighted by Gasteiger charge is -2.26. The van der Waals surface area contributed by atoms with Gasteiger partial charge in [0.1, 0.15) is 29.7 Å². The number of aromatic nitrogens is 2. The largest absolute Gasteiger partial charge is 0.463 e. The van der Waals surface area contributed by atoms with Gasteiger partial charge >= 0.3 is 19.4 Å². The molecule has 0 radical (unpaired) electrons. The monoisotopic (exact) mass is 704 g/mol. The van der Waals surface area contributed by atoms with Crippen LogP contribution in [0.3, 0.4) is 0 Å². The molecular weight excluding hydrogens is 663 g/mol. The number of aromatic amines is 1. The Balaban J connectivity index is 1.63. The van der Waals surface area contributed by atoms with Crippen LogP contribution in [0.5, 0.6) is 0 Å². The summed E-state index contributed by atoms with van der Waals surface area (Å²) in [6.45, 7) is 7.66. The van der Waals surface area contributed by atoms with E-state index in [4.69, 9.17) is 35.9 Å². The first kappa shape index (κ1) is 38.1. The molecule has 1 aromatic carbocycles. The molecule has 0 aliphatic carbocycles. The zero-order valence-electron chi connectivity index (χ0n) is 26.3. The molecule has 5 N–H and O–H groups in total. The molecule has 256 valence electrons. The van der Waals surface area contributed by atoms with E-state index in [1.807, 2.05) is 30.3 Å². The fraction of sp³-hybridized carbons (Fsp3) is 0.586. The first-order valence-electron chi connectivity index (χ1n) is 14.6. The van der Waals surface area contributed by atoms with Gasteiger partial charge in [0.2, 0.25) is 0 Å². The van der Waals surface area contributed by atoms with Gasteiger partial charge in [-0.2, -0.15) is 0 Å². The normalized spacial score (nSPS) is 23.6. The second kappa shape index (κ2) is 16.2. The Labute approximate surface area is 276 Å². The van der Waals surface area contributed by atoms with E-state index in [9.17, 15) is 28.8 Å². The van der Waals surface area contributed by atoms with Gasteiger partial charge in [-0.05, 0) is 32.3 Å². The second-order valence-corrected chi connectivity index (χ2v) is 15.7. The lowest BCUT2D eigenvalue weighted by atomic mass is 9.97. The Kier molecular flexibility index (Phi) is 13.4. The summed E-state index contributed by atoms with van der Waals surface area (Å²) in [5.74, 6) is -0.604. The number of alkyl halides is 1. The number of nitrogens with zero attached hydrogens (tertiary/aromatic N) is 1. The summed E-state index contributed by atoms with van der Waals surface area (Å²) in [6.07, 6.45) is -2.50. The molecule has 1 saturated heterocycles. The van der Waals surface area contributed by atoms with Crippen LogP contribution in [0, 0.1) is 11.3 Å². The number of carbonyl (C=O) groups is 2. The van der Waals surface area contributed by atoms with Crippen LogP contribution >= 0.6 is 31.1 Å². The summed E-state index contributed by atoms with van der Waals surface area (Å²) in [5.41, 5.74) is 4.19. The summed E-state index contributed by atoms with van der Waals surface area (Å²) in [4.78, 5) is 49.5. The average molecular weight is 705 g/mol. The van der Waals surface area contributed by atoms with E-state index < -0.39 is 66.3 Å². The number of thioether (sulfide) groups is 1. The first-order chi connectivity index (χ1) is 21.5. The van der Waals surface area contributed by atoms with Crippen LogP contribution in [-0.4, -0.2) is 74.4 Å². The van der Waals surface area contributed by atoms with Gasteiger partial charge in [-0.25, -0.2) is 14.4 Å². The van der Waals surface area contributed by atoms with E-state index in [1.54, 1.807) is 27.7 Å². The van der Waals surface area contributed by atoms with E-state index in [1.165, 1.54) is 13.1 Å². The van der Waals surface area contributed by atoms with Gasteiger partial charge < -0.3 is 20.3 Å². The van der Waals surface area contributed by atoms with Crippen LogP contribution in [0.1, 0.15) is 46.4 Å². The zero-order chi connectivity index (χ0) is 34.3. The van der Waals surface area contributed by atoms with Gasteiger partial charge in [0.25, 0.3) is 5.56 Å². The van der Waals surface area contributed by atoms with Crippen molar-refractivity contribution in [1.29, 1.82) is 0 Å². The van der Waals surface area contributed by atoms with Gasteiger partial charge in [0.05, 0.1) is 18.6 Å². The molecule has 1 aliphatic rings. The SMILES string of the molecule is CC(C)[C@@H](N)C(=O)OCC(C)(C)C(=O)SCCO[P@](=O)(NCc1ccccc1)OC[C@H]1O[C@@H](n2ccc(=O)[nH]c2=O)[C@](C)(Cl)[C@@H]1O. The molecule has 0 saturated carbocycles. The number of aliphatic hydroxyl groups is 1. The van der Waals surface area contributed by atoms with E-state index >= 15 is 0 Å². The maximum atomic E-state index is 13.8. The lowest BCUT2D eigenvalue weighted by Crippen LogP contribution is -2.43. The van der Waals surface area contributed by atoms with E-state index in [2.05, 4.69) is 10.1 Å². The first-order valence-corrected chi connectivity index (χ1v) is 17.5. The highest BCUT2D eigenvalue weighted by Crippen LogP contribution is 2.47. The number of benzene rings is 1. The summed E-state index contributed by atoms with van der Waals surface area (Å²) < 4.78 is 37.3. The standard InChI is InChI=1S/C29H42ClN4O10PS/c1-18(2)22(31)24(37)41-17-28(3,4)26(38)46-14-13-42-45(40,32-15-19-9-7-6-8-10-19)43-16-20-23(36)29(5,30)25(44-20)34-12-11-21(35)33-27(34)39/h6-12,18,20,22-23,25,36H,13-17,31H2,1-5H3,(H,32,40)(H,33,35,39)/t20-,22-,23-,25-,29-,45-/m1/s1. The van der Waals surface area contributed by atoms with Gasteiger partial charge in [0.15, 0.2) is 11.3 Å². The number of rotatable bonds is 16. The minimum absolute atomic E-state index is 0.0988. The quantitative estimate of drug-likeness (QED) is 0.0861. The Morgan fingerprint density at radius 2 is 1.91 bits per heavy atom. The molecule has 0 amide bonds. The fourth-order valence-electron chi connectivity index (χ4n) is 4.21. The summed E-state index contributed by atoms with van der Waals surface area (Å²) in [6, 6.07) is 9.39. The number of aliphatic hydroxyl groups excluding tert-OH is 1. The highest BCUT2D eigenvalue weighted by atomic mass is 35.5. The molecular formula is C29H42ClN4O10PS. The van der Waals surface area contributed by atoms with Crippen LogP contribution in [0.2, 0.25) is 0 Å². The molecule has 3 rings (SSSR count). The Morgan fingerprint density at radius 3 is 2.54 bits per heavy atom. The summed E-state index contributed by atoms with van der Waals surface area (Å²) in [7, 11) is -4.07. The van der Waals surface area contributed by atoms with E-state index in [-0.39, 0.29) is 36.5 Å². The van der Waals surface area contributed by atoms with Gasteiger partial charge in [-0.1, -0.05) is 55.9 Å². The maximum absolute atomic E-state index is 13.8. The van der Waals surface area contributed by atoms with Crippen molar-refractivity contribution < 1.29 is 37.8 Å². The minimum Gasteiger partial charge on any atom is -0.463 e. The summed E-state index contributed by atoms with van der Waals surface area (Å²) >= 11 is 7.51. The van der Waals surface area contributed by atoms with Crippen molar-refractivity contribution in [2.45, 2.75) is 70.5 Å². The highest BCUT2D eigenvalue weighted by molar-refractivity contribution is 8.13. The van der Waals surface area contributed by atoms with Crippen molar-refractivity contribution in [2.24, 2.45) is 17.1 Å². The molecule has 2 heterocycles. The van der Waals surface area contributed by atoms with Crippen molar-refractivity contribution in [3.8, 4) is 0 Å². The number of carbonyl (C=O) groups excluding carboxylic acids is 2. The molecule has 0 bridgehead atoms. The number of halogens is 1. The molecule has 1 aromatic heterocycles. The molecule has 14 nitrogen and oxygen atoms in total. The number of nitrogens with one attached hydrogen (secondary N) is 2. The Morgan fingerprint density at radius 1 is 1.24 bits per heavy atom. The second-order valence-electron chi connectivity index (χ2n) is 12.0. The molecule has 17 heteroatoms. The van der Waals surface area contributed by atoms with Crippen molar-refractivity contribution in [3.05, 3.63) is 69.0 Å². The average Bonchev–Trinajstić information content (AvgIpc) is 3.23. The van der Waals surface area contributed by atoms with E-state index in [0.29, 0.717) is 0 Å². The highest BCUT2D eigenvalue weighted by Gasteiger charge is 2.54. The number of H-pyrrole nitrogens is 1. The lowest BCUT2D eigenvalue weighted by molar-refractivity contribution is -0.150. The third-order valence-electron chi connectivity index (χ3n) is 7.25. The number of hydrogen-bond donors (Lipinski definition) is 4. The van der Waals surface area contributed by atoms with Gasteiger partial charge in [-0.3, -0.25) is 33.0 Å². The predicted molar refractivity (Wildman–Crippen MR) is 173 cm³/mol. The smallest absolute Gasteiger partial charge is 0.405 e. The molecule has 6 atom stereocenters. The predicted octanol–water partition coefficient (Wildman–Crippen LogP) is 2.54. The molecule has 2 aromatic rings. The molecule has 0 spiro atoms. The molecule has 46 heavy (non-hydrogen) atoms. The van der Waals surface area contributed by atoms with Crippen LogP contribution in [-0.2, 0) is 39.2 Å². The van der Waals surface area contributed by atoms with Crippen LogP contribution in [0.15, 0.2) is 52.2 Å². The molecule has 1 aliphatic heterocycles. The van der Waals surface area contributed by atoms with Crippen molar-refractivity contribution in [2.75, 3.05) is 25.6 Å². The Bertz CT molecular complexity index is 1500. The van der Waals surface area contributed by atoms with Gasteiger partial charge in [-0.15, -0.1) is 11.6 Å².